The van der Waals surface area contributed by atoms with E-state index in [0.717, 1.165) is 11.0 Å². The molecule has 2 rings (SSSR count). The first kappa shape index (κ1) is 19.5. The monoisotopic (exact) mass is 358 g/mol. The smallest absolute Gasteiger partial charge is 0.400 e. The van der Waals surface area contributed by atoms with Crippen LogP contribution >= 0.6 is 12.2 Å². The van der Waals surface area contributed by atoms with Crippen molar-refractivity contribution in [3.63, 3.8) is 0 Å². The van der Waals surface area contributed by atoms with Gasteiger partial charge >= 0.3 is 7.12 Å². The molecule has 1 heterocycles. The van der Waals surface area contributed by atoms with Crippen LogP contribution in [0.1, 0.15) is 40.2 Å². The minimum atomic E-state index is -0.554. The van der Waals surface area contributed by atoms with E-state index in [2.05, 4.69) is 15.5 Å². The van der Waals surface area contributed by atoms with Gasteiger partial charge in [-0.3, -0.25) is 4.79 Å². The molecule has 25 heavy (non-hydrogen) atoms. The van der Waals surface area contributed by atoms with Crippen LogP contribution < -0.4 is 5.32 Å². The molecule has 5 nitrogen and oxygen atoms in total. The number of rotatable bonds is 5. The molecule has 132 valence electrons. The minimum absolute atomic E-state index is 0.118. The zero-order valence-corrected chi connectivity index (χ0v) is 16.1. The summed E-state index contributed by atoms with van der Waals surface area (Å²) >= 11 is 4.72. The van der Waals surface area contributed by atoms with Crippen LogP contribution in [0.2, 0.25) is 0 Å². The van der Waals surface area contributed by atoms with Crippen LogP contribution in [-0.4, -0.2) is 35.9 Å². The summed E-state index contributed by atoms with van der Waals surface area (Å²) in [4.78, 5) is 15.5. The van der Waals surface area contributed by atoms with E-state index >= 15 is 0 Å². The molecular formula is C18H23BN2O3S. The van der Waals surface area contributed by atoms with E-state index in [0.29, 0.717) is 12.2 Å². The number of hydrogen-bond acceptors (Lipinski definition) is 5. The SMILES string of the molecule is CC(=O)NCC(=Cc1ccccc1N=C=S)B1OC(C)(C)C(C)(C)O1. The summed E-state index contributed by atoms with van der Waals surface area (Å²) in [6, 6.07) is 7.57. The molecule has 7 heteroatoms. The lowest BCUT2D eigenvalue weighted by molar-refractivity contribution is -0.118. The Morgan fingerprint density at radius 3 is 2.44 bits per heavy atom. The van der Waals surface area contributed by atoms with Crippen LogP contribution in [-0.2, 0) is 14.1 Å². The van der Waals surface area contributed by atoms with Gasteiger partial charge in [0.25, 0.3) is 0 Å². The number of nitrogens with zero attached hydrogens (tertiary/aromatic N) is 1. The van der Waals surface area contributed by atoms with E-state index in [4.69, 9.17) is 21.5 Å². The molecule has 1 aromatic rings. The summed E-state index contributed by atoms with van der Waals surface area (Å²) in [6.45, 7) is 9.77. The fraction of sp³-hybridized carbons (Fsp3) is 0.444. The van der Waals surface area contributed by atoms with E-state index in [1.54, 1.807) is 0 Å². The first-order chi connectivity index (χ1) is 11.7. The van der Waals surface area contributed by atoms with Gasteiger partial charge in [0.05, 0.1) is 22.1 Å². The maximum absolute atomic E-state index is 11.4. The van der Waals surface area contributed by atoms with Gasteiger partial charge in [-0.2, -0.15) is 4.99 Å². The number of benzene rings is 1. The van der Waals surface area contributed by atoms with Gasteiger partial charge in [-0.25, -0.2) is 0 Å². The first-order valence-corrected chi connectivity index (χ1v) is 8.54. The fourth-order valence-electron chi connectivity index (χ4n) is 2.38. The van der Waals surface area contributed by atoms with Crippen molar-refractivity contribution >= 4 is 42.2 Å². The molecule has 0 radical (unpaired) electrons. The Morgan fingerprint density at radius 2 is 1.88 bits per heavy atom. The fourth-order valence-corrected chi connectivity index (χ4v) is 2.48. The van der Waals surface area contributed by atoms with Gasteiger partial charge < -0.3 is 14.6 Å². The molecule has 0 unspecified atom stereocenters. The van der Waals surface area contributed by atoms with Crippen molar-refractivity contribution in [2.45, 2.75) is 45.8 Å². The van der Waals surface area contributed by atoms with Crippen molar-refractivity contribution in [1.82, 2.24) is 5.32 Å². The maximum Gasteiger partial charge on any atom is 0.492 e. The molecular weight excluding hydrogens is 335 g/mol. The van der Waals surface area contributed by atoms with Crippen molar-refractivity contribution in [3.05, 3.63) is 35.3 Å². The van der Waals surface area contributed by atoms with Crippen molar-refractivity contribution < 1.29 is 14.1 Å². The predicted octanol–water partition coefficient (Wildman–Crippen LogP) is 3.57. The van der Waals surface area contributed by atoms with Crippen LogP contribution in [0.5, 0.6) is 0 Å². The molecule has 1 aromatic carbocycles. The van der Waals surface area contributed by atoms with Crippen LogP contribution in [0.25, 0.3) is 6.08 Å². The third kappa shape index (κ3) is 4.64. The summed E-state index contributed by atoms with van der Waals surface area (Å²) < 4.78 is 12.2. The van der Waals surface area contributed by atoms with E-state index in [1.807, 2.05) is 58.0 Å². The molecule has 0 aromatic heterocycles. The zero-order valence-electron chi connectivity index (χ0n) is 15.3. The van der Waals surface area contributed by atoms with E-state index in [-0.39, 0.29) is 5.91 Å². The number of amides is 1. The summed E-state index contributed by atoms with van der Waals surface area (Å²) in [5.41, 5.74) is 1.45. The Labute approximate surface area is 154 Å². The number of thiocarbonyl (C=S) groups is 1. The largest absolute Gasteiger partial charge is 0.492 e. The average Bonchev–Trinajstić information content (AvgIpc) is 2.73. The number of carbonyl (C=O) groups is 1. The number of nitrogens with one attached hydrogen (secondary N) is 1. The molecule has 1 aliphatic heterocycles. The average molecular weight is 358 g/mol. The Kier molecular flexibility index (Phi) is 5.96. The van der Waals surface area contributed by atoms with Gasteiger partial charge in [0.2, 0.25) is 5.91 Å². The topological polar surface area (TPSA) is 59.9 Å². The first-order valence-electron chi connectivity index (χ1n) is 8.14. The Balaban J connectivity index is 2.40. The van der Waals surface area contributed by atoms with E-state index in [1.165, 1.54) is 6.92 Å². The highest BCUT2D eigenvalue weighted by molar-refractivity contribution is 7.78. The van der Waals surface area contributed by atoms with Gasteiger partial charge in [0.1, 0.15) is 0 Å². The van der Waals surface area contributed by atoms with Crippen LogP contribution in [0.4, 0.5) is 5.69 Å². The van der Waals surface area contributed by atoms with Crippen molar-refractivity contribution in [2.24, 2.45) is 4.99 Å². The highest BCUT2D eigenvalue weighted by Gasteiger charge is 2.52. The lowest BCUT2D eigenvalue weighted by Gasteiger charge is -2.32. The highest BCUT2D eigenvalue weighted by atomic mass is 32.1. The molecule has 0 spiro atoms. The molecule has 1 aliphatic rings. The molecule has 1 fully saturated rings. The molecule has 0 atom stereocenters. The molecule has 1 saturated heterocycles. The summed E-state index contributed by atoms with van der Waals surface area (Å²) in [6.07, 6.45) is 1.92. The van der Waals surface area contributed by atoms with Crippen LogP contribution in [0.15, 0.2) is 34.7 Å². The van der Waals surface area contributed by atoms with Gasteiger partial charge in [0, 0.05) is 19.0 Å². The number of carbonyl (C=O) groups excluding carboxylic acids is 1. The third-order valence-electron chi connectivity index (χ3n) is 4.54. The summed E-state index contributed by atoms with van der Waals surface area (Å²) in [5, 5.41) is 5.21. The molecule has 0 aliphatic carbocycles. The van der Waals surface area contributed by atoms with Gasteiger partial charge in [-0.15, -0.1) is 0 Å². The number of hydrogen-bond donors (Lipinski definition) is 1. The van der Waals surface area contributed by atoms with Crippen molar-refractivity contribution in [3.8, 4) is 0 Å². The second-order valence-electron chi connectivity index (χ2n) is 6.98. The Hall–Kier alpha value is -1.79. The minimum Gasteiger partial charge on any atom is -0.400 e. The second-order valence-corrected chi connectivity index (χ2v) is 7.16. The standard InChI is InChI=1S/C18H23BN2O3S/c1-13(22)20-11-15(19-23-17(2,3)18(4,5)24-19)10-14-8-6-7-9-16(14)21-12-25/h6-10H,11H2,1-5H3,(H,20,22). The maximum atomic E-state index is 11.4. The van der Waals surface area contributed by atoms with E-state index < -0.39 is 18.3 Å². The summed E-state index contributed by atoms with van der Waals surface area (Å²) in [5.74, 6) is -0.118. The van der Waals surface area contributed by atoms with Crippen LogP contribution in [0.3, 0.4) is 0 Å². The predicted molar refractivity (Wildman–Crippen MR) is 104 cm³/mol. The Bertz CT molecular complexity index is 724. The van der Waals surface area contributed by atoms with Crippen molar-refractivity contribution in [2.75, 3.05) is 6.54 Å². The Morgan fingerprint density at radius 1 is 1.28 bits per heavy atom. The quantitative estimate of drug-likeness (QED) is 0.497. The number of aliphatic imine (C=N–C) groups is 1. The van der Waals surface area contributed by atoms with Gasteiger partial charge in [-0.1, -0.05) is 24.3 Å². The molecule has 0 bridgehead atoms. The van der Waals surface area contributed by atoms with Gasteiger partial charge in [-0.05, 0) is 51.5 Å². The molecule has 1 N–H and O–H groups in total. The third-order valence-corrected chi connectivity index (χ3v) is 4.63. The van der Waals surface area contributed by atoms with E-state index in [9.17, 15) is 4.79 Å². The second kappa shape index (κ2) is 7.62. The zero-order chi connectivity index (χ0) is 18.7. The normalized spacial score (nSPS) is 18.6. The number of para-hydroxylation sites is 1. The number of isothiocyanates is 1. The highest BCUT2D eigenvalue weighted by Crippen LogP contribution is 2.39. The van der Waals surface area contributed by atoms with Crippen LogP contribution in [0, 0.1) is 0 Å². The lowest BCUT2D eigenvalue weighted by atomic mass is 9.77. The lowest BCUT2D eigenvalue weighted by Crippen LogP contribution is -2.41. The van der Waals surface area contributed by atoms with Gasteiger partial charge in [0.15, 0.2) is 0 Å². The van der Waals surface area contributed by atoms with Crippen molar-refractivity contribution in [1.29, 1.82) is 0 Å². The molecule has 0 saturated carbocycles. The molecule has 1 amide bonds. The summed E-state index contributed by atoms with van der Waals surface area (Å²) in [7, 11) is -0.554.